The number of hydrogen-bond donors (Lipinski definition) is 1. The van der Waals surface area contributed by atoms with Crippen LogP contribution in [-0.2, 0) is 0 Å². The molecule has 0 radical (unpaired) electrons. The van der Waals surface area contributed by atoms with E-state index in [4.69, 9.17) is 0 Å². The van der Waals surface area contributed by atoms with Crippen molar-refractivity contribution in [1.82, 2.24) is 15.1 Å². The number of nitrogens with zero attached hydrogens (tertiary/aromatic N) is 2. The predicted octanol–water partition coefficient (Wildman–Crippen LogP) is 1.40. The van der Waals surface area contributed by atoms with E-state index in [0.29, 0.717) is 0 Å². The molecule has 1 aliphatic heterocycles. The quantitative estimate of drug-likeness (QED) is 0.663. The summed E-state index contributed by atoms with van der Waals surface area (Å²) in [6.07, 6.45) is 3.97. The molecule has 0 bridgehead atoms. The number of likely N-dealkylation sites (tertiary alicyclic amines) is 1. The SMILES string of the molecule is CCNCCCC(C)N1CCC(N(C)C)C1. The van der Waals surface area contributed by atoms with Crippen LogP contribution < -0.4 is 5.32 Å². The number of hydrogen-bond acceptors (Lipinski definition) is 3. The molecule has 1 rings (SSSR count). The average molecular weight is 227 g/mol. The zero-order chi connectivity index (χ0) is 12.0. The van der Waals surface area contributed by atoms with Crippen molar-refractivity contribution in [3.8, 4) is 0 Å². The lowest BCUT2D eigenvalue weighted by atomic mass is 10.1. The molecule has 1 fully saturated rings. The highest BCUT2D eigenvalue weighted by Gasteiger charge is 2.26. The summed E-state index contributed by atoms with van der Waals surface area (Å²) < 4.78 is 0. The second-order valence-electron chi connectivity index (χ2n) is 5.25. The second-order valence-corrected chi connectivity index (χ2v) is 5.25. The van der Waals surface area contributed by atoms with Gasteiger partial charge < -0.3 is 10.2 Å². The van der Waals surface area contributed by atoms with E-state index in [1.165, 1.54) is 38.9 Å². The van der Waals surface area contributed by atoms with Crippen molar-refractivity contribution in [3.63, 3.8) is 0 Å². The van der Waals surface area contributed by atoms with E-state index in [-0.39, 0.29) is 0 Å². The fourth-order valence-electron chi connectivity index (χ4n) is 2.47. The first-order valence-corrected chi connectivity index (χ1v) is 6.76. The maximum atomic E-state index is 3.39. The van der Waals surface area contributed by atoms with Gasteiger partial charge in [-0.3, -0.25) is 4.90 Å². The third-order valence-corrected chi connectivity index (χ3v) is 3.77. The molecule has 2 atom stereocenters. The summed E-state index contributed by atoms with van der Waals surface area (Å²) in [5.74, 6) is 0. The highest BCUT2D eigenvalue weighted by molar-refractivity contribution is 4.83. The summed E-state index contributed by atoms with van der Waals surface area (Å²) in [4.78, 5) is 5.02. The van der Waals surface area contributed by atoms with E-state index in [9.17, 15) is 0 Å². The Morgan fingerprint density at radius 3 is 2.75 bits per heavy atom. The fraction of sp³-hybridized carbons (Fsp3) is 1.00. The minimum Gasteiger partial charge on any atom is -0.317 e. The second kappa shape index (κ2) is 7.25. The van der Waals surface area contributed by atoms with Gasteiger partial charge in [-0.1, -0.05) is 6.92 Å². The van der Waals surface area contributed by atoms with Crippen LogP contribution in [0.15, 0.2) is 0 Å². The highest BCUT2D eigenvalue weighted by atomic mass is 15.2. The Morgan fingerprint density at radius 2 is 2.19 bits per heavy atom. The van der Waals surface area contributed by atoms with E-state index in [2.05, 4.69) is 43.1 Å². The van der Waals surface area contributed by atoms with Crippen LogP contribution in [0.1, 0.15) is 33.1 Å². The van der Waals surface area contributed by atoms with E-state index < -0.39 is 0 Å². The Bertz CT molecular complexity index is 182. The Labute approximate surface area is 101 Å². The van der Waals surface area contributed by atoms with Crippen LogP contribution in [0.3, 0.4) is 0 Å². The molecule has 0 aliphatic carbocycles. The van der Waals surface area contributed by atoms with Crippen molar-refractivity contribution in [2.75, 3.05) is 40.3 Å². The van der Waals surface area contributed by atoms with Gasteiger partial charge in [0.1, 0.15) is 0 Å². The van der Waals surface area contributed by atoms with E-state index in [1.807, 2.05) is 0 Å². The zero-order valence-electron chi connectivity index (χ0n) is 11.5. The Hall–Kier alpha value is -0.120. The third-order valence-electron chi connectivity index (χ3n) is 3.77. The molecule has 1 heterocycles. The van der Waals surface area contributed by atoms with Crippen LogP contribution in [0.4, 0.5) is 0 Å². The van der Waals surface area contributed by atoms with Gasteiger partial charge in [0.2, 0.25) is 0 Å². The molecule has 1 aliphatic rings. The Balaban J connectivity index is 2.15. The molecule has 0 aromatic heterocycles. The average Bonchev–Trinajstić information content (AvgIpc) is 2.73. The van der Waals surface area contributed by atoms with Crippen molar-refractivity contribution in [1.29, 1.82) is 0 Å². The monoisotopic (exact) mass is 227 g/mol. The number of rotatable bonds is 7. The van der Waals surface area contributed by atoms with Crippen LogP contribution in [0.2, 0.25) is 0 Å². The van der Waals surface area contributed by atoms with Crippen molar-refractivity contribution in [2.45, 2.75) is 45.2 Å². The minimum atomic E-state index is 0.753. The van der Waals surface area contributed by atoms with Crippen LogP contribution in [0.25, 0.3) is 0 Å². The van der Waals surface area contributed by atoms with Gasteiger partial charge in [-0.2, -0.15) is 0 Å². The lowest BCUT2D eigenvalue weighted by Crippen LogP contribution is -2.36. The van der Waals surface area contributed by atoms with Gasteiger partial charge in [0.05, 0.1) is 0 Å². The molecule has 16 heavy (non-hydrogen) atoms. The fourth-order valence-corrected chi connectivity index (χ4v) is 2.47. The van der Waals surface area contributed by atoms with Crippen LogP contribution in [0, 0.1) is 0 Å². The molecular weight excluding hydrogens is 198 g/mol. The summed E-state index contributed by atoms with van der Waals surface area (Å²) >= 11 is 0. The first-order chi connectivity index (χ1) is 7.65. The van der Waals surface area contributed by atoms with Gasteiger partial charge in [-0.05, 0) is 53.4 Å². The maximum absolute atomic E-state index is 3.39. The largest absolute Gasteiger partial charge is 0.317 e. The maximum Gasteiger partial charge on any atom is 0.0229 e. The number of likely N-dealkylation sites (N-methyl/N-ethyl adjacent to an activating group) is 1. The Kier molecular flexibility index (Phi) is 6.32. The van der Waals surface area contributed by atoms with Gasteiger partial charge in [-0.25, -0.2) is 0 Å². The molecule has 0 aromatic rings. The smallest absolute Gasteiger partial charge is 0.0229 e. The summed E-state index contributed by atoms with van der Waals surface area (Å²) in [6, 6.07) is 1.53. The molecule has 96 valence electrons. The summed E-state index contributed by atoms with van der Waals surface area (Å²) in [5, 5.41) is 3.39. The summed E-state index contributed by atoms with van der Waals surface area (Å²) in [7, 11) is 4.40. The van der Waals surface area contributed by atoms with E-state index in [0.717, 1.165) is 18.6 Å². The van der Waals surface area contributed by atoms with Crippen molar-refractivity contribution >= 4 is 0 Å². The van der Waals surface area contributed by atoms with E-state index >= 15 is 0 Å². The topological polar surface area (TPSA) is 18.5 Å². The molecule has 1 N–H and O–H groups in total. The summed E-state index contributed by atoms with van der Waals surface area (Å²) in [6.45, 7) is 9.36. The lowest BCUT2D eigenvalue weighted by Gasteiger charge is -2.25. The van der Waals surface area contributed by atoms with Crippen LogP contribution in [0.5, 0.6) is 0 Å². The molecule has 0 aromatic carbocycles. The van der Waals surface area contributed by atoms with Crippen molar-refractivity contribution in [3.05, 3.63) is 0 Å². The van der Waals surface area contributed by atoms with Crippen LogP contribution in [-0.4, -0.2) is 62.2 Å². The molecule has 0 amide bonds. The predicted molar refractivity (Wildman–Crippen MR) is 70.9 cm³/mol. The van der Waals surface area contributed by atoms with Crippen LogP contribution >= 0.6 is 0 Å². The molecule has 0 saturated carbocycles. The summed E-state index contributed by atoms with van der Waals surface area (Å²) in [5.41, 5.74) is 0. The van der Waals surface area contributed by atoms with Gasteiger partial charge in [0, 0.05) is 25.2 Å². The Morgan fingerprint density at radius 1 is 1.44 bits per heavy atom. The molecule has 3 nitrogen and oxygen atoms in total. The third kappa shape index (κ3) is 4.40. The molecular formula is C13H29N3. The lowest BCUT2D eigenvalue weighted by molar-refractivity contribution is 0.216. The van der Waals surface area contributed by atoms with Gasteiger partial charge in [0.25, 0.3) is 0 Å². The van der Waals surface area contributed by atoms with E-state index in [1.54, 1.807) is 0 Å². The molecule has 1 saturated heterocycles. The zero-order valence-corrected chi connectivity index (χ0v) is 11.5. The normalized spacial score (nSPS) is 24.2. The van der Waals surface area contributed by atoms with Gasteiger partial charge >= 0.3 is 0 Å². The minimum absolute atomic E-state index is 0.753. The standard InChI is InChI=1S/C13H29N3/c1-5-14-9-6-7-12(2)16-10-8-13(11-16)15(3)4/h12-14H,5-11H2,1-4H3. The van der Waals surface area contributed by atoms with Crippen molar-refractivity contribution in [2.24, 2.45) is 0 Å². The van der Waals surface area contributed by atoms with Crippen molar-refractivity contribution < 1.29 is 0 Å². The number of nitrogens with one attached hydrogen (secondary N) is 1. The van der Waals surface area contributed by atoms with Gasteiger partial charge in [-0.15, -0.1) is 0 Å². The molecule has 0 spiro atoms. The van der Waals surface area contributed by atoms with Gasteiger partial charge in [0.15, 0.2) is 0 Å². The highest BCUT2D eigenvalue weighted by Crippen LogP contribution is 2.18. The molecule has 2 unspecified atom stereocenters. The first kappa shape index (κ1) is 13.9. The first-order valence-electron chi connectivity index (χ1n) is 6.76. The molecule has 3 heteroatoms.